The maximum absolute atomic E-state index is 11.4. The standard InChI is InChI=1S/C13H9I3N2O4/c1-6-2-4-7(5-3-6)8-9(14)12(17-22-21)11(16)13(10(8)15)18(19)20/h2-5,17,21H,1H3. The molecule has 116 valence electrons. The average molecular weight is 638 g/mol. The minimum Gasteiger partial charge on any atom is -0.258 e. The topological polar surface area (TPSA) is 84.6 Å². The minimum absolute atomic E-state index is 0.0169. The Labute approximate surface area is 167 Å². The molecular weight excluding hydrogens is 629 g/mol. The van der Waals surface area contributed by atoms with Gasteiger partial charge in [0.25, 0.3) is 5.69 Å². The van der Waals surface area contributed by atoms with E-state index in [-0.39, 0.29) is 5.69 Å². The second kappa shape index (κ2) is 7.55. The van der Waals surface area contributed by atoms with Crippen LogP contribution in [-0.2, 0) is 4.99 Å². The zero-order chi connectivity index (χ0) is 16.4. The molecule has 0 aliphatic heterocycles. The molecule has 0 unspecified atom stereocenters. The van der Waals surface area contributed by atoms with Crippen molar-refractivity contribution in [1.29, 1.82) is 0 Å². The molecule has 2 N–H and O–H groups in total. The molecule has 0 fully saturated rings. The first-order valence-corrected chi connectivity index (χ1v) is 9.10. The van der Waals surface area contributed by atoms with Gasteiger partial charge in [-0.15, -0.1) is 4.99 Å². The molecular formula is C13H9I3N2O4. The van der Waals surface area contributed by atoms with E-state index in [1.54, 1.807) is 0 Å². The van der Waals surface area contributed by atoms with Crippen molar-refractivity contribution in [2.75, 3.05) is 5.48 Å². The molecule has 0 saturated heterocycles. The van der Waals surface area contributed by atoms with Crippen molar-refractivity contribution in [3.63, 3.8) is 0 Å². The maximum Gasteiger partial charge on any atom is 0.298 e. The van der Waals surface area contributed by atoms with Crippen molar-refractivity contribution in [1.82, 2.24) is 0 Å². The molecule has 0 aromatic heterocycles. The summed E-state index contributed by atoms with van der Waals surface area (Å²) in [4.78, 5) is 15.0. The summed E-state index contributed by atoms with van der Waals surface area (Å²) in [5, 5.41) is 20.1. The largest absolute Gasteiger partial charge is 0.298 e. The van der Waals surface area contributed by atoms with Crippen molar-refractivity contribution in [2.45, 2.75) is 6.92 Å². The SMILES string of the molecule is Cc1ccc(-c2c(I)c(NOO)c(I)c([N+](=O)[O-])c2I)cc1. The average Bonchev–Trinajstić information content (AvgIpc) is 2.45. The summed E-state index contributed by atoms with van der Waals surface area (Å²) in [6, 6.07) is 7.71. The van der Waals surface area contributed by atoms with Crippen LogP contribution >= 0.6 is 67.8 Å². The molecule has 6 nitrogen and oxygen atoms in total. The van der Waals surface area contributed by atoms with E-state index in [4.69, 9.17) is 5.26 Å². The van der Waals surface area contributed by atoms with E-state index < -0.39 is 4.92 Å². The van der Waals surface area contributed by atoms with E-state index in [0.29, 0.717) is 12.8 Å². The molecule has 22 heavy (non-hydrogen) atoms. The van der Waals surface area contributed by atoms with Crippen LogP contribution in [-0.4, -0.2) is 10.2 Å². The number of aryl methyl sites for hydroxylation is 1. The Morgan fingerprint density at radius 2 is 1.73 bits per heavy atom. The lowest BCUT2D eigenvalue weighted by atomic mass is 10.0. The summed E-state index contributed by atoms with van der Waals surface area (Å²) >= 11 is 5.93. The van der Waals surface area contributed by atoms with Crippen LogP contribution in [0, 0.1) is 27.7 Å². The molecule has 0 aliphatic carbocycles. The van der Waals surface area contributed by atoms with E-state index in [0.717, 1.165) is 20.3 Å². The predicted molar refractivity (Wildman–Crippen MR) is 109 cm³/mol. The number of halogens is 3. The highest BCUT2D eigenvalue weighted by Crippen LogP contribution is 2.44. The molecule has 2 rings (SSSR count). The molecule has 0 bridgehead atoms. The van der Waals surface area contributed by atoms with Crippen LogP contribution in [0.25, 0.3) is 11.1 Å². The van der Waals surface area contributed by atoms with Gasteiger partial charge in [0.1, 0.15) is 7.14 Å². The van der Waals surface area contributed by atoms with Gasteiger partial charge >= 0.3 is 0 Å². The molecule has 0 heterocycles. The lowest BCUT2D eigenvalue weighted by Gasteiger charge is -2.15. The van der Waals surface area contributed by atoms with Gasteiger partial charge in [0.05, 0.1) is 10.6 Å². The normalized spacial score (nSPS) is 10.6. The van der Waals surface area contributed by atoms with Crippen molar-refractivity contribution >= 4 is 79.1 Å². The number of hydrogen-bond donors (Lipinski definition) is 2. The van der Waals surface area contributed by atoms with E-state index in [2.05, 4.69) is 33.1 Å². The second-order valence-corrected chi connectivity index (χ2v) is 7.59. The Morgan fingerprint density at radius 3 is 2.23 bits per heavy atom. The first-order chi connectivity index (χ1) is 10.4. The second-order valence-electron chi connectivity index (χ2n) is 4.36. The van der Waals surface area contributed by atoms with E-state index in [9.17, 15) is 10.1 Å². The smallest absolute Gasteiger partial charge is 0.258 e. The van der Waals surface area contributed by atoms with Crippen LogP contribution in [0.15, 0.2) is 24.3 Å². The van der Waals surface area contributed by atoms with E-state index >= 15 is 0 Å². The quantitative estimate of drug-likeness (QED) is 0.209. The van der Waals surface area contributed by atoms with E-state index in [1.807, 2.05) is 76.4 Å². The number of nitrogens with zero attached hydrogens (tertiary/aromatic N) is 1. The lowest BCUT2D eigenvalue weighted by molar-refractivity contribution is -0.386. The van der Waals surface area contributed by atoms with Crippen LogP contribution < -0.4 is 5.48 Å². The van der Waals surface area contributed by atoms with Gasteiger partial charge in [-0.3, -0.25) is 10.1 Å². The number of nitrogens with one attached hydrogen (secondary N) is 1. The van der Waals surface area contributed by atoms with Gasteiger partial charge in [-0.25, -0.2) is 10.7 Å². The molecule has 2 aromatic carbocycles. The molecule has 9 heteroatoms. The third kappa shape index (κ3) is 3.47. The molecule has 0 radical (unpaired) electrons. The monoisotopic (exact) mass is 638 g/mol. The molecule has 0 spiro atoms. The number of nitro groups is 1. The van der Waals surface area contributed by atoms with Crippen LogP contribution in [0.1, 0.15) is 5.56 Å². The molecule has 0 aliphatic rings. The third-order valence-electron chi connectivity index (χ3n) is 2.96. The number of nitro benzene ring substituents is 1. The van der Waals surface area contributed by atoms with Crippen LogP contribution in [0.2, 0.25) is 0 Å². The highest BCUT2D eigenvalue weighted by Gasteiger charge is 2.28. The first-order valence-electron chi connectivity index (χ1n) is 5.86. The Kier molecular flexibility index (Phi) is 6.21. The van der Waals surface area contributed by atoms with Crippen LogP contribution in [0.3, 0.4) is 0 Å². The van der Waals surface area contributed by atoms with Crippen molar-refractivity contribution in [3.05, 3.63) is 50.7 Å². The summed E-state index contributed by atoms with van der Waals surface area (Å²) in [5.74, 6) is 0. The first kappa shape index (κ1) is 18.1. The number of anilines is 1. The zero-order valence-corrected chi connectivity index (χ0v) is 17.5. The summed E-state index contributed by atoms with van der Waals surface area (Å²) in [6.07, 6.45) is 0. The van der Waals surface area contributed by atoms with Crippen LogP contribution in [0.5, 0.6) is 0 Å². The third-order valence-corrected chi connectivity index (χ3v) is 6.14. The van der Waals surface area contributed by atoms with Crippen molar-refractivity contribution < 1.29 is 15.2 Å². The number of rotatable bonds is 4. The van der Waals surface area contributed by atoms with E-state index in [1.165, 1.54) is 0 Å². The highest BCUT2D eigenvalue weighted by atomic mass is 127. The lowest BCUT2D eigenvalue weighted by Crippen LogP contribution is -2.07. The Hall–Kier alpha value is -0.250. The summed E-state index contributed by atoms with van der Waals surface area (Å²) in [7, 11) is 0. The fourth-order valence-electron chi connectivity index (χ4n) is 1.92. The summed E-state index contributed by atoms with van der Waals surface area (Å²) in [5.41, 5.74) is 5.36. The highest BCUT2D eigenvalue weighted by molar-refractivity contribution is 14.1. The minimum atomic E-state index is -0.431. The maximum atomic E-state index is 11.4. The van der Waals surface area contributed by atoms with Crippen LogP contribution in [0.4, 0.5) is 11.4 Å². The van der Waals surface area contributed by atoms with Gasteiger partial charge in [0.2, 0.25) is 0 Å². The van der Waals surface area contributed by atoms with Crippen molar-refractivity contribution in [3.8, 4) is 11.1 Å². The summed E-state index contributed by atoms with van der Waals surface area (Å²) in [6.45, 7) is 1.97. The van der Waals surface area contributed by atoms with Gasteiger partial charge in [-0.2, -0.15) is 0 Å². The predicted octanol–water partition coefficient (Wildman–Crippen LogP) is 5.20. The Bertz CT molecular complexity index is 735. The Balaban J connectivity index is 2.82. The van der Waals surface area contributed by atoms with Gasteiger partial charge in [0.15, 0.2) is 0 Å². The van der Waals surface area contributed by atoms with Gasteiger partial charge in [-0.1, -0.05) is 29.8 Å². The number of benzene rings is 2. The zero-order valence-electron chi connectivity index (χ0n) is 11.1. The fourth-order valence-corrected chi connectivity index (χ4v) is 6.32. The molecule has 2 aromatic rings. The van der Waals surface area contributed by atoms with Gasteiger partial charge in [0, 0.05) is 9.13 Å². The molecule has 0 saturated carbocycles. The Morgan fingerprint density at radius 1 is 1.14 bits per heavy atom. The fraction of sp³-hybridized carbons (Fsp3) is 0.0769. The van der Waals surface area contributed by atoms with Gasteiger partial charge in [-0.05, 0) is 80.3 Å². The van der Waals surface area contributed by atoms with Crippen molar-refractivity contribution in [2.24, 2.45) is 0 Å². The molecule has 0 atom stereocenters. The summed E-state index contributed by atoms with van der Waals surface area (Å²) < 4.78 is 1.65. The number of hydrogen-bond acceptors (Lipinski definition) is 5. The van der Waals surface area contributed by atoms with Gasteiger partial charge < -0.3 is 0 Å². The molecule has 0 amide bonds.